The molecule has 1 fully saturated rings. The Bertz CT molecular complexity index is 1140. The first kappa shape index (κ1) is 18.0. The van der Waals surface area contributed by atoms with Gasteiger partial charge in [-0.1, -0.05) is 24.3 Å². The van der Waals surface area contributed by atoms with Crippen LogP contribution < -0.4 is 0 Å². The number of benzene rings is 1. The Labute approximate surface area is 174 Å². The Balaban J connectivity index is 1.54. The first-order valence-electron chi connectivity index (χ1n) is 9.74. The molecule has 1 saturated heterocycles. The summed E-state index contributed by atoms with van der Waals surface area (Å²) in [5, 5.41) is 4.84. The number of likely N-dealkylation sites (tertiary alicyclic amines) is 1. The van der Waals surface area contributed by atoms with Crippen molar-refractivity contribution < 1.29 is 4.42 Å². The molecule has 29 heavy (non-hydrogen) atoms. The smallest absolute Gasteiger partial charge is 0.204 e. The summed E-state index contributed by atoms with van der Waals surface area (Å²) >= 11 is 5.84. The zero-order chi connectivity index (χ0) is 19.6. The van der Waals surface area contributed by atoms with Crippen molar-refractivity contribution in [3.05, 3.63) is 83.6 Å². The van der Waals surface area contributed by atoms with Gasteiger partial charge in [0.1, 0.15) is 0 Å². The third-order valence-electron chi connectivity index (χ3n) is 5.34. The molecular weight excluding hydrogens is 382 g/mol. The number of para-hydroxylation sites is 1. The molecule has 0 spiro atoms. The summed E-state index contributed by atoms with van der Waals surface area (Å²) in [6, 6.07) is 18.3. The third-order valence-corrected chi connectivity index (χ3v) is 5.74. The lowest BCUT2D eigenvalue weighted by molar-refractivity contribution is 0.189. The molecule has 1 unspecified atom stereocenters. The Kier molecular flexibility index (Phi) is 4.83. The van der Waals surface area contributed by atoms with E-state index in [0.29, 0.717) is 29.1 Å². The normalized spacial score (nSPS) is 17.0. The van der Waals surface area contributed by atoms with Crippen LogP contribution in [0.2, 0.25) is 0 Å². The zero-order valence-electron chi connectivity index (χ0n) is 15.9. The van der Waals surface area contributed by atoms with E-state index in [2.05, 4.69) is 16.0 Å². The zero-order valence-corrected chi connectivity index (χ0v) is 16.7. The van der Waals surface area contributed by atoms with Gasteiger partial charge in [-0.15, -0.1) is 5.10 Å². The number of rotatable bonds is 5. The number of furan rings is 1. The maximum Gasteiger partial charge on any atom is 0.204 e. The predicted octanol–water partition coefficient (Wildman–Crippen LogP) is 4.85. The van der Waals surface area contributed by atoms with E-state index in [1.165, 1.54) is 5.56 Å². The average Bonchev–Trinajstić information content (AvgIpc) is 3.51. The highest BCUT2D eigenvalue weighted by molar-refractivity contribution is 7.71. The van der Waals surface area contributed by atoms with Crippen LogP contribution in [0.5, 0.6) is 0 Å². The van der Waals surface area contributed by atoms with Crippen LogP contribution in [-0.2, 0) is 6.67 Å². The number of nitrogens with zero attached hydrogens (tertiary/aromatic N) is 5. The maximum atomic E-state index is 5.84. The molecule has 146 valence electrons. The Hall–Kier alpha value is -3.03. The first-order valence-corrected chi connectivity index (χ1v) is 10.2. The van der Waals surface area contributed by atoms with Crippen LogP contribution in [0.25, 0.3) is 17.3 Å². The van der Waals surface area contributed by atoms with Gasteiger partial charge in [0.2, 0.25) is 10.6 Å². The first-order chi connectivity index (χ1) is 14.3. The van der Waals surface area contributed by atoms with Gasteiger partial charge in [-0.2, -0.15) is 0 Å². The molecule has 0 N–H and O–H groups in total. The summed E-state index contributed by atoms with van der Waals surface area (Å²) < 4.78 is 10.2. The fourth-order valence-corrected chi connectivity index (χ4v) is 4.28. The molecule has 6 nitrogen and oxygen atoms in total. The number of aromatic nitrogens is 4. The van der Waals surface area contributed by atoms with Crippen molar-refractivity contribution in [2.75, 3.05) is 6.54 Å². The van der Waals surface area contributed by atoms with E-state index >= 15 is 0 Å². The SMILES string of the molecule is S=c1n(CN2CCCC2c2cccnc2)nc(-c2ccco2)n1-c1ccccc1. The van der Waals surface area contributed by atoms with E-state index in [9.17, 15) is 0 Å². The third kappa shape index (κ3) is 3.43. The van der Waals surface area contributed by atoms with Crippen LogP contribution in [0.3, 0.4) is 0 Å². The molecule has 1 aromatic carbocycles. The molecule has 0 saturated carbocycles. The van der Waals surface area contributed by atoms with Crippen molar-refractivity contribution in [1.82, 2.24) is 24.2 Å². The van der Waals surface area contributed by atoms with E-state index < -0.39 is 0 Å². The van der Waals surface area contributed by atoms with Crippen LogP contribution in [0.1, 0.15) is 24.4 Å². The molecule has 0 bridgehead atoms. The summed E-state index contributed by atoms with van der Waals surface area (Å²) in [5.74, 6) is 1.41. The molecule has 4 heterocycles. The van der Waals surface area contributed by atoms with Gasteiger partial charge in [-0.3, -0.25) is 14.5 Å². The second-order valence-corrected chi connectivity index (χ2v) is 7.52. The van der Waals surface area contributed by atoms with Crippen LogP contribution in [0, 0.1) is 4.77 Å². The lowest BCUT2D eigenvalue weighted by atomic mass is 10.1. The highest BCUT2D eigenvalue weighted by Crippen LogP contribution is 2.32. The summed E-state index contributed by atoms with van der Waals surface area (Å²) in [4.78, 5) is 6.71. The summed E-state index contributed by atoms with van der Waals surface area (Å²) in [6.45, 7) is 1.64. The molecule has 1 aliphatic heterocycles. The largest absolute Gasteiger partial charge is 0.461 e. The van der Waals surface area contributed by atoms with Gasteiger partial charge in [0.25, 0.3) is 0 Å². The Morgan fingerprint density at radius 1 is 1.07 bits per heavy atom. The van der Waals surface area contributed by atoms with Crippen molar-refractivity contribution in [1.29, 1.82) is 0 Å². The molecule has 4 aromatic rings. The van der Waals surface area contributed by atoms with Crippen molar-refractivity contribution in [3.8, 4) is 17.3 Å². The van der Waals surface area contributed by atoms with Gasteiger partial charge in [0, 0.05) is 25.0 Å². The Morgan fingerprint density at radius 3 is 2.72 bits per heavy atom. The van der Waals surface area contributed by atoms with Crippen molar-refractivity contribution in [2.45, 2.75) is 25.6 Å². The number of hydrogen-bond acceptors (Lipinski definition) is 5. The molecule has 5 rings (SSSR count). The van der Waals surface area contributed by atoms with Crippen LogP contribution in [-0.4, -0.2) is 30.8 Å². The van der Waals surface area contributed by atoms with Gasteiger partial charge < -0.3 is 4.42 Å². The molecule has 0 aliphatic carbocycles. The summed E-state index contributed by atoms with van der Waals surface area (Å²) in [5.41, 5.74) is 2.21. The molecule has 7 heteroatoms. The summed E-state index contributed by atoms with van der Waals surface area (Å²) in [7, 11) is 0. The standard InChI is InChI=1S/C22H21N5OS/c29-22-26(16-25-13-5-10-19(25)17-7-4-12-23-15-17)24-21(20-11-6-14-28-20)27(22)18-8-2-1-3-9-18/h1-4,6-9,11-12,14-15,19H,5,10,13,16H2. The minimum absolute atomic E-state index is 0.333. The quantitative estimate of drug-likeness (QED) is 0.446. The van der Waals surface area contributed by atoms with Crippen molar-refractivity contribution >= 4 is 12.2 Å². The lowest BCUT2D eigenvalue weighted by Crippen LogP contribution is -2.27. The second-order valence-electron chi connectivity index (χ2n) is 7.15. The fraction of sp³-hybridized carbons (Fsp3) is 0.227. The lowest BCUT2D eigenvalue weighted by Gasteiger charge is -2.24. The molecule has 3 aromatic heterocycles. The highest BCUT2D eigenvalue weighted by Gasteiger charge is 2.27. The molecular formula is C22H21N5OS. The highest BCUT2D eigenvalue weighted by atomic mass is 32.1. The number of pyridine rings is 1. The van der Waals surface area contributed by atoms with Gasteiger partial charge in [-0.25, -0.2) is 4.68 Å². The van der Waals surface area contributed by atoms with E-state index in [4.69, 9.17) is 21.7 Å². The van der Waals surface area contributed by atoms with Gasteiger partial charge >= 0.3 is 0 Å². The second kappa shape index (κ2) is 7.77. The van der Waals surface area contributed by atoms with E-state index in [0.717, 1.165) is 25.1 Å². The van der Waals surface area contributed by atoms with Crippen LogP contribution in [0.4, 0.5) is 0 Å². The van der Waals surface area contributed by atoms with Gasteiger partial charge in [0.15, 0.2) is 5.76 Å². The van der Waals surface area contributed by atoms with E-state index in [-0.39, 0.29) is 0 Å². The minimum atomic E-state index is 0.333. The van der Waals surface area contributed by atoms with Gasteiger partial charge in [0.05, 0.1) is 18.6 Å². The van der Waals surface area contributed by atoms with Crippen molar-refractivity contribution in [2.24, 2.45) is 0 Å². The van der Waals surface area contributed by atoms with Crippen molar-refractivity contribution in [3.63, 3.8) is 0 Å². The topological polar surface area (TPSA) is 52.0 Å². The Morgan fingerprint density at radius 2 is 1.97 bits per heavy atom. The summed E-state index contributed by atoms with van der Waals surface area (Å²) in [6.07, 6.45) is 7.70. The monoisotopic (exact) mass is 403 g/mol. The average molecular weight is 404 g/mol. The molecule has 1 atom stereocenters. The fourth-order valence-electron chi connectivity index (χ4n) is 3.99. The maximum absolute atomic E-state index is 5.84. The number of hydrogen-bond donors (Lipinski definition) is 0. The minimum Gasteiger partial charge on any atom is -0.461 e. The van der Waals surface area contributed by atoms with Gasteiger partial charge in [-0.05, 0) is 61.0 Å². The molecule has 0 amide bonds. The van der Waals surface area contributed by atoms with E-state index in [1.54, 1.807) is 6.26 Å². The van der Waals surface area contributed by atoms with Crippen LogP contribution >= 0.6 is 12.2 Å². The molecule has 1 aliphatic rings. The predicted molar refractivity (Wildman–Crippen MR) is 113 cm³/mol. The molecule has 0 radical (unpaired) electrons. The van der Waals surface area contributed by atoms with Crippen LogP contribution in [0.15, 0.2) is 77.7 Å². The van der Waals surface area contributed by atoms with E-state index in [1.807, 2.05) is 70.2 Å².